The first kappa shape index (κ1) is 16.8. The third-order valence-electron chi connectivity index (χ3n) is 2.76. The minimum absolute atomic E-state index is 0.0571. The third-order valence-corrected chi connectivity index (χ3v) is 3.73. The van der Waals surface area contributed by atoms with E-state index in [9.17, 15) is 21.6 Å². The molecule has 7 heteroatoms. The van der Waals surface area contributed by atoms with Crippen molar-refractivity contribution in [2.75, 3.05) is 0 Å². The number of hydrogen-bond donors (Lipinski definition) is 0. The molecule has 1 aromatic rings. The Hall–Kier alpha value is -1.24. The Kier molecular flexibility index (Phi) is 5.07. The van der Waals surface area contributed by atoms with Crippen LogP contribution in [-0.4, -0.2) is 13.9 Å². The fourth-order valence-electron chi connectivity index (χ4n) is 1.65. The van der Waals surface area contributed by atoms with Gasteiger partial charge in [-0.25, -0.2) is 0 Å². The van der Waals surface area contributed by atoms with Crippen LogP contribution in [-0.2, 0) is 16.5 Å². The van der Waals surface area contributed by atoms with Gasteiger partial charge in [0.2, 0.25) is 0 Å². The number of hydrogen-bond acceptors (Lipinski definition) is 3. The first-order valence-electron chi connectivity index (χ1n) is 6.22. The van der Waals surface area contributed by atoms with Crippen LogP contribution in [0.5, 0.6) is 5.75 Å². The van der Waals surface area contributed by atoms with E-state index in [1.54, 1.807) is 12.1 Å². The molecule has 0 saturated carbocycles. The van der Waals surface area contributed by atoms with Gasteiger partial charge in [0.15, 0.2) is 0 Å². The van der Waals surface area contributed by atoms with Crippen LogP contribution in [0.2, 0.25) is 0 Å². The molecule has 0 aliphatic carbocycles. The van der Waals surface area contributed by atoms with Gasteiger partial charge in [0, 0.05) is 0 Å². The molecule has 3 nitrogen and oxygen atoms in total. The van der Waals surface area contributed by atoms with E-state index in [2.05, 4.69) is 4.18 Å². The van der Waals surface area contributed by atoms with Crippen LogP contribution in [0.15, 0.2) is 18.2 Å². The predicted molar refractivity (Wildman–Crippen MR) is 70.1 cm³/mol. The molecule has 1 rings (SSSR count). The number of benzene rings is 1. The van der Waals surface area contributed by atoms with Crippen LogP contribution in [0.3, 0.4) is 0 Å². The van der Waals surface area contributed by atoms with E-state index in [0.717, 1.165) is 5.56 Å². The zero-order valence-corrected chi connectivity index (χ0v) is 12.3. The van der Waals surface area contributed by atoms with Gasteiger partial charge >= 0.3 is 15.6 Å². The molecule has 114 valence electrons. The van der Waals surface area contributed by atoms with Crippen molar-refractivity contribution >= 4 is 10.1 Å². The molecule has 0 unspecified atom stereocenters. The first-order chi connectivity index (χ1) is 9.08. The summed E-state index contributed by atoms with van der Waals surface area (Å²) < 4.78 is 63.7. The zero-order chi connectivity index (χ0) is 15.6. The summed E-state index contributed by atoms with van der Waals surface area (Å²) in [6.45, 7) is 5.56. The van der Waals surface area contributed by atoms with E-state index >= 15 is 0 Å². The molecule has 0 radical (unpaired) electrons. The zero-order valence-electron chi connectivity index (χ0n) is 11.5. The highest BCUT2D eigenvalue weighted by Crippen LogP contribution is 2.31. The largest absolute Gasteiger partial charge is 0.534 e. The van der Waals surface area contributed by atoms with E-state index < -0.39 is 15.6 Å². The minimum Gasteiger partial charge on any atom is -0.376 e. The van der Waals surface area contributed by atoms with Crippen molar-refractivity contribution in [3.63, 3.8) is 0 Å². The second-order valence-electron chi connectivity index (χ2n) is 4.76. The maximum atomic E-state index is 12.4. The molecule has 0 N–H and O–H groups in total. The minimum atomic E-state index is -5.63. The molecule has 0 atom stereocenters. The molecular weight excluding hydrogens is 293 g/mol. The summed E-state index contributed by atoms with van der Waals surface area (Å²) >= 11 is 0. The van der Waals surface area contributed by atoms with Gasteiger partial charge in [-0.2, -0.15) is 21.6 Å². The summed E-state index contributed by atoms with van der Waals surface area (Å²) in [7, 11) is -5.63. The van der Waals surface area contributed by atoms with Gasteiger partial charge < -0.3 is 4.18 Å². The van der Waals surface area contributed by atoms with Crippen molar-refractivity contribution in [1.82, 2.24) is 0 Å². The lowest BCUT2D eigenvalue weighted by Gasteiger charge is -2.15. The van der Waals surface area contributed by atoms with Crippen molar-refractivity contribution < 1.29 is 25.8 Å². The van der Waals surface area contributed by atoms with Gasteiger partial charge in [0.05, 0.1) is 0 Å². The van der Waals surface area contributed by atoms with Crippen LogP contribution < -0.4 is 4.18 Å². The Labute approximate surface area is 116 Å². The Bertz CT molecular complexity index is 563. The maximum Gasteiger partial charge on any atom is 0.534 e. The molecule has 0 bridgehead atoms. The fraction of sp³-hybridized carbons (Fsp3) is 0.538. The van der Waals surface area contributed by atoms with Crippen molar-refractivity contribution in [1.29, 1.82) is 0 Å². The Morgan fingerprint density at radius 3 is 2.30 bits per heavy atom. The maximum absolute atomic E-state index is 12.4. The van der Waals surface area contributed by atoms with Crippen LogP contribution in [0, 0.1) is 0 Å². The number of rotatable bonds is 5. The number of alkyl halides is 3. The van der Waals surface area contributed by atoms with E-state index in [4.69, 9.17) is 0 Å². The lowest BCUT2D eigenvalue weighted by atomic mass is 9.99. The highest BCUT2D eigenvalue weighted by molar-refractivity contribution is 7.88. The molecule has 0 amide bonds. The van der Waals surface area contributed by atoms with Gasteiger partial charge in [0.1, 0.15) is 5.75 Å². The molecule has 0 saturated heterocycles. The highest BCUT2D eigenvalue weighted by Gasteiger charge is 2.48. The van der Waals surface area contributed by atoms with Crippen molar-refractivity contribution in [3.05, 3.63) is 29.3 Å². The molecule has 0 heterocycles. The summed E-state index contributed by atoms with van der Waals surface area (Å²) in [6, 6.07) is 4.74. The first-order valence-corrected chi connectivity index (χ1v) is 7.63. The van der Waals surface area contributed by atoms with E-state index in [1.807, 2.05) is 20.8 Å². The van der Waals surface area contributed by atoms with Crippen molar-refractivity contribution in [2.45, 2.75) is 45.0 Å². The molecule has 20 heavy (non-hydrogen) atoms. The second kappa shape index (κ2) is 6.03. The Morgan fingerprint density at radius 1 is 1.25 bits per heavy atom. The summed E-state index contributed by atoms with van der Waals surface area (Å²) in [5, 5.41) is 0. The van der Waals surface area contributed by atoms with Gasteiger partial charge in [-0.15, -0.1) is 0 Å². The van der Waals surface area contributed by atoms with Gasteiger partial charge in [-0.05, 0) is 29.5 Å². The molecule has 1 aromatic carbocycles. The molecule has 0 spiro atoms. The predicted octanol–water partition coefficient (Wildman–Crippen LogP) is 3.99. The van der Waals surface area contributed by atoms with Gasteiger partial charge in [-0.1, -0.05) is 39.3 Å². The highest BCUT2D eigenvalue weighted by atomic mass is 32.2. The van der Waals surface area contributed by atoms with Crippen molar-refractivity contribution in [3.8, 4) is 5.75 Å². The number of halogens is 3. The Morgan fingerprint density at radius 2 is 1.85 bits per heavy atom. The average Bonchev–Trinajstić information content (AvgIpc) is 2.29. The van der Waals surface area contributed by atoms with Crippen LogP contribution in [0.25, 0.3) is 0 Å². The van der Waals surface area contributed by atoms with E-state index in [1.165, 1.54) is 6.07 Å². The topological polar surface area (TPSA) is 43.4 Å². The monoisotopic (exact) mass is 310 g/mol. The summed E-state index contributed by atoms with van der Waals surface area (Å²) in [5.41, 5.74) is -4.26. The van der Waals surface area contributed by atoms with Crippen LogP contribution >= 0.6 is 0 Å². The van der Waals surface area contributed by atoms with Gasteiger partial charge in [0.25, 0.3) is 0 Å². The van der Waals surface area contributed by atoms with Crippen molar-refractivity contribution in [2.24, 2.45) is 0 Å². The summed E-state index contributed by atoms with van der Waals surface area (Å²) in [5.74, 6) is -0.183. The fourth-order valence-corrected chi connectivity index (χ4v) is 2.14. The normalized spacial score (nSPS) is 12.8. The number of aryl methyl sites for hydroxylation is 1. The van der Waals surface area contributed by atoms with E-state index in [-0.39, 0.29) is 11.7 Å². The summed E-state index contributed by atoms with van der Waals surface area (Å²) in [4.78, 5) is 0. The quantitative estimate of drug-likeness (QED) is 0.610. The lowest BCUT2D eigenvalue weighted by Crippen LogP contribution is -2.28. The molecule has 0 aliphatic heterocycles. The molecule has 0 aromatic heterocycles. The lowest BCUT2D eigenvalue weighted by molar-refractivity contribution is -0.0500. The molecule has 0 aliphatic rings. The molecule has 0 fully saturated rings. The van der Waals surface area contributed by atoms with Crippen LogP contribution in [0.1, 0.15) is 44.2 Å². The SMILES string of the molecule is CCCc1ccc(C(C)C)cc1OS(=O)(=O)C(F)(F)F. The summed E-state index contributed by atoms with van der Waals surface area (Å²) in [6.07, 6.45) is 1.12. The molecular formula is C13H17F3O3S. The second-order valence-corrected chi connectivity index (χ2v) is 6.29. The van der Waals surface area contributed by atoms with Gasteiger partial charge in [-0.3, -0.25) is 0 Å². The third kappa shape index (κ3) is 3.88. The Balaban J connectivity index is 3.23. The van der Waals surface area contributed by atoms with E-state index in [0.29, 0.717) is 18.4 Å². The average molecular weight is 310 g/mol. The smallest absolute Gasteiger partial charge is 0.376 e. The van der Waals surface area contributed by atoms with Crippen LogP contribution in [0.4, 0.5) is 13.2 Å². The standard InChI is InChI=1S/C13H17F3O3S/c1-4-5-10-6-7-11(9(2)3)8-12(10)19-20(17,18)13(14,15)16/h6-9H,4-5H2,1-3H3.